The molecule has 0 aliphatic carbocycles. The van der Waals surface area contributed by atoms with Gasteiger partial charge in [0.25, 0.3) is 17.4 Å². The van der Waals surface area contributed by atoms with Crippen LogP contribution in [-0.2, 0) is 72.4 Å². The number of anilines is 1. The Morgan fingerprint density at radius 2 is 1.53 bits per heavy atom. The largest absolute Gasteiger partial charge is 0.485 e. The number of aryl methyl sites for hydroxylation is 1. The maximum Gasteiger partial charge on any atom is 0.418 e. The first kappa shape index (κ1) is 61.6. The van der Waals surface area contributed by atoms with Crippen LogP contribution in [0.3, 0.4) is 0 Å². The van der Waals surface area contributed by atoms with E-state index in [4.69, 9.17) is 28.5 Å². The van der Waals surface area contributed by atoms with Crippen molar-refractivity contribution in [1.29, 1.82) is 0 Å². The standard InChI is InChI=1S/C51H73N9O17S2/c1-46(2,3)72-41(64)51(15,76-56-37(34-28-78-42(53-34)55-44(66)74-48(7,8)9)39(62)54-38-40(63)60(50(38,13)14)77-79(68,69)70)36-19-17-31-20-30(16-18-35(31)71-36)32-25-58(24-29-22-57(23-29)45(67)75-49(10,11)12)59(26-32)27-33(61)21-52-43(65)73-47(4,5)6/h16,18,20,25-26,28-29,33,36,38,61H,17,19,21-24,27H2,1-15H3,(H3-,52,53,54,55,62,65,66,68,69,70)/p+1/b56-37-/t33?,36-,38-,51?/m1/s1. The third-order valence-electron chi connectivity index (χ3n) is 12.0. The first-order valence-corrected chi connectivity index (χ1v) is 27.7. The normalized spacial score (nSPS) is 19.1. The molecule has 1 aromatic carbocycles. The molecule has 2 saturated heterocycles. The van der Waals surface area contributed by atoms with Crippen LogP contribution in [0.25, 0.3) is 11.1 Å². The lowest BCUT2D eigenvalue weighted by Crippen LogP contribution is -2.76. The smallest absolute Gasteiger partial charge is 0.418 e. The third kappa shape index (κ3) is 16.5. The molecule has 26 nitrogen and oxygen atoms in total. The molecule has 0 spiro atoms. The van der Waals surface area contributed by atoms with Gasteiger partial charge in [0.2, 0.25) is 6.20 Å². The van der Waals surface area contributed by atoms with Crippen molar-refractivity contribution in [3.63, 3.8) is 0 Å². The predicted octanol–water partition coefficient (Wildman–Crippen LogP) is 5.05. The number of aliphatic hydroxyl groups is 1. The van der Waals surface area contributed by atoms with Gasteiger partial charge in [-0.05, 0) is 140 Å². The third-order valence-corrected chi connectivity index (χ3v) is 13.1. The van der Waals surface area contributed by atoms with Gasteiger partial charge in [0, 0.05) is 24.4 Å². The van der Waals surface area contributed by atoms with Crippen molar-refractivity contribution < 1.29 is 84.3 Å². The molecular formula is C51H74N9O17S2+. The Labute approximate surface area is 463 Å². The lowest BCUT2D eigenvalue weighted by atomic mass is 9.84. The molecule has 0 radical (unpaired) electrons. The summed E-state index contributed by atoms with van der Waals surface area (Å²) in [4.78, 5) is 91.7. The van der Waals surface area contributed by atoms with E-state index in [0.717, 1.165) is 28.0 Å². The number of thiazole rings is 1. The van der Waals surface area contributed by atoms with Gasteiger partial charge >= 0.3 is 34.6 Å². The number of nitrogens with zero attached hydrogens (tertiary/aromatic N) is 6. The van der Waals surface area contributed by atoms with Crippen LogP contribution in [0.1, 0.15) is 122 Å². The van der Waals surface area contributed by atoms with E-state index in [1.807, 2.05) is 33.9 Å². The van der Waals surface area contributed by atoms with Gasteiger partial charge < -0.3 is 49.2 Å². The molecule has 0 saturated carbocycles. The highest BCUT2D eigenvalue weighted by atomic mass is 32.3. The van der Waals surface area contributed by atoms with E-state index < -0.39 is 104 Å². The quantitative estimate of drug-likeness (QED) is 0.0224. The molecule has 2 aromatic heterocycles. The number of ether oxygens (including phenoxy) is 5. The van der Waals surface area contributed by atoms with Crippen molar-refractivity contribution in [2.24, 2.45) is 11.1 Å². The molecule has 436 valence electrons. The summed E-state index contributed by atoms with van der Waals surface area (Å²) in [7, 11) is -5.13. The molecule has 79 heavy (non-hydrogen) atoms. The summed E-state index contributed by atoms with van der Waals surface area (Å²) >= 11 is 0.885. The topological polar surface area (TPSA) is 318 Å². The summed E-state index contributed by atoms with van der Waals surface area (Å²) in [5.41, 5.74) is -5.35. The molecule has 0 bridgehead atoms. The Bertz CT molecular complexity index is 2920. The number of hydrogen-bond donors (Lipinski definition) is 5. The van der Waals surface area contributed by atoms with Crippen molar-refractivity contribution in [2.45, 2.75) is 182 Å². The Morgan fingerprint density at radius 3 is 2.13 bits per heavy atom. The second-order valence-corrected chi connectivity index (χ2v) is 26.1. The minimum atomic E-state index is -5.13. The second-order valence-electron chi connectivity index (χ2n) is 24.2. The van der Waals surface area contributed by atoms with Crippen LogP contribution in [0.4, 0.5) is 19.5 Å². The number of amides is 5. The number of oxime groups is 1. The van der Waals surface area contributed by atoms with E-state index in [9.17, 15) is 46.8 Å². The summed E-state index contributed by atoms with van der Waals surface area (Å²) in [6, 6.07) is 4.06. The van der Waals surface area contributed by atoms with Crippen LogP contribution in [0.5, 0.6) is 5.75 Å². The number of aliphatic hydroxyl groups excluding tert-OH is 1. The zero-order valence-electron chi connectivity index (χ0n) is 47.2. The zero-order chi connectivity index (χ0) is 59.0. The summed E-state index contributed by atoms with van der Waals surface area (Å²) in [5.74, 6) is -2.57. The first-order chi connectivity index (χ1) is 36.2. The number of fused-ring (bicyclic) bond motifs is 1. The molecule has 3 aliphatic heterocycles. The Hall–Kier alpha value is -6.62. The average Bonchev–Trinajstić information content (AvgIpc) is 3.90. The maximum atomic E-state index is 14.4. The molecule has 2 unspecified atom stereocenters. The van der Waals surface area contributed by atoms with E-state index in [1.165, 1.54) is 26.2 Å². The second kappa shape index (κ2) is 22.9. The van der Waals surface area contributed by atoms with Crippen LogP contribution >= 0.6 is 11.3 Å². The fraction of sp³-hybridized carbons (Fsp3) is 0.627. The molecule has 5 heterocycles. The van der Waals surface area contributed by atoms with E-state index in [0.29, 0.717) is 36.9 Å². The Morgan fingerprint density at radius 1 is 0.911 bits per heavy atom. The van der Waals surface area contributed by atoms with Crippen molar-refractivity contribution in [3.8, 4) is 16.9 Å². The maximum absolute atomic E-state index is 14.4. The number of hydroxylamine groups is 2. The number of carbonyl (C=O) groups excluding carboxylic acids is 6. The van der Waals surface area contributed by atoms with Crippen molar-refractivity contribution in [2.75, 3.05) is 25.0 Å². The molecule has 5 amide bonds. The molecule has 4 atom stereocenters. The Balaban J connectivity index is 1.28. The van der Waals surface area contributed by atoms with Crippen molar-refractivity contribution in [1.82, 2.24) is 30.3 Å². The fourth-order valence-electron chi connectivity index (χ4n) is 8.35. The molecular weight excluding hydrogens is 1070 g/mol. The molecule has 5 N–H and O–H groups in total. The van der Waals surface area contributed by atoms with Gasteiger partial charge in [-0.15, -0.1) is 20.3 Å². The van der Waals surface area contributed by atoms with Crippen LogP contribution in [0, 0.1) is 5.92 Å². The number of hydrogen-bond acceptors (Lipinski definition) is 19. The van der Waals surface area contributed by atoms with Crippen LogP contribution in [0.15, 0.2) is 41.1 Å². The summed E-state index contributed by atoms with van der Waals surface area (Å²) in [6.45, 7) is 26.1. The minimum absolute atomic E-state index is 0.0272. The number of benzene rings is 1. The van der Waals surface area contributed by atoms with Crippen LogP contribution in [-0.4, -0.2) is 151 Å². The highest BCUT2D eigenvalue weighted by molar-refractivity contribution is 7.80. The summed E-state index contributed by atoms with van der Waals surface area (Å²) < 4.78 is 69.2. The van der Waals surface area contributed by atoms with E-state index in [-0.39, 0.29) is 36.3 Å². The number of rotatable bonds is 17. The highest BCUT2D eigenvalue weighted by Crippen LogP contribution is 2.38. The lowest BCUT2D eigenvalue weighted by Gasteiger charge is -2.50. The van der Waals surface area contributed by atoms with Gasteiger partial charge in [-0.1, -0.05) is 11.2 Å². The monoisotopic (exact) mass is 1150 g/mol. The Kier molecular flexibility index (Phi) is 17.8. The van der Waals surface area contributed by atoms with Gasteiger partial charge in [0.05, 0.1) is 30.4 Å². The number of likely N-dealkylation sites (tertiary alicyclic amines) is 1. The van der Waals surface area contributed by atoms with E-state index in [1.54, 1.807) is 94.1 Å². The summed E-state index contributed by atoms with van der Waals surface area (Å²) in [5, 5.41) is 24.6. The number of alkyl carbamates (subject to hydrolysis) is 1. The fourth-order valence-corrected chi connectivity index (χ4v) is 9.48. The first-order valence-electron chi connectivity index (χ1n) is 25.5. The minimum Gasteiger partial charge on any atom is -0.485 e. The van der Waals surface area contributed by atoms with Crippen molar-refractivity contribution in [3.05, 3.63) is 47.2 Å². The van der Waals surface area contributed by atoms with E-state index >= 15 is 0 Å². The molecule has 3 aromatic rings. The SMILES string of the molecule is CC(C)(C)OC(=O)NCC(O)C[n+]1cc(-c2ccc3c(c2)CC[C@H](C(C)(O/N=C(\C(=O)N[C@@H]2C(=O)N(OS(=O)(=O)O)C2(C)C)c2csc(NC(=O)OC(C)(C)C)n2)C(=O)OC(C)(C)C)O3)cn1CC1CN(C(=O)OC(C)(C)C)C1. The molecule has 2 fully saturated rings. The molecule has 6 rings (SSSR count). The van der Waals surface area contributed by atoms with Crippen molar-refractivity contribution >= 4 is 68.6 Å². The number of β-lactam (4-membered cyclic amide) rings is 1. The molecule has 3 aliphatic rings. The van der Waals surface area contributed by atoms with E-state index in [2.05, 4.69) is 30.4 Å². The van der Waals surface area contributed by atoms with Gasteiger partial charge in [0.1, 0.15) is 46.0 Å². The summed E-state index contributed by atoms with van der Waals surface area (Å²) in [6.07, 6.45) is 0.281. The average molecular weight is 1150 g/mol. The van der Waals surface area contributed by atoms with Crippen LogP contribution in [0.2, 0.25) is 0 Å². The predicted molar refractivity (Wildman–Crippen MR) is 284 cm³/mol. The number of aromatic nitrogens is 3. The van der Waals surface area contributed by atoms with Gasteiger partial charge in [0.15, 0.2) is 23.5 Å². The lowest BCUT2D eigenvalue weighted by molar-refractivity contribution is -0.780. The van der Waals surface area contributed by atoms with Crippen LogP contribution < -0.4 is 25.4 Å². The van der Waals surface area contributed by atoms with Gasteiger partial charge in [-0.2, -0.15) is 18.2 Å². The number of carbonyl (C=O) groups is 6. The van der Waals surface area contributed by atoms with Gasteiger partial charge in [-0.3, -0.25) is 19.5 Å². The number of esters is 1. The molecule has 28 heteroatoms. The van der Waals surface area contributed by atoms with Gasteiger partial charge in [-0.25, -0.2) is 24.2 Å². The zero-order valence-corrected chi connectivity index (χ0v) is 48.9. The highest BCUT2D eigenvalue weighted by Gasteiger charge is 2.58. The number of nitrogens with one attached hydrogen (secondary N) is 3.